The first-order valence-electron chi connectivity index (χ1n) is 5.24. The van der Waals surface area contributed by atoms with Crippen molar-refractivity contribution < 1.29 is 22.4 Å². The summed E-state index contributed by atoms with van der Waals surface area (Å²) in [5.74, 6) is -0.211. The van der Waals surface area contributed by atoms with Gasteiger partial charge in [0.15, 0.2) is 0 Å². The number of halogens is 3. The highest BCUT2D eigenvalue weighted by atomic mass is 19.4. The standard InChI is InChI=1S/C11H10F3N3O2/c1-18-9-6(10-16-8(5-15)19-17-10)3-2-4-7(9)11(12,13)14/h2-4H,5,15H2,1H3. The quantitative estimate of drug-likeness (QED) is 0.928. The molecule has 8 heteroatoms. The lowest BCUT2D eigenvalue weighted by Crippen LogP contribution is -2.08. The number of para-hydroxylation sites is 1. The van der Waals surface area contributed by atoms with Gasteiger partial charge in [0.2, 0.25) is 11.7 Å². The van der Waals surface area contributed by atoms with Crippen LogP contribution in [0.3, 0.4) is 0 Å². The van der Waals surface area contributed by atoms with Crippen LogP contribution in [0.4, 0.5) is 13.2 Å². The van der Waals surface area contributed by atoms with Gasteiger partial charge in [0.1, 0.15) is 5.75 Å². The largest absolute Gasteiger partial charge is 0.495 e. The van der Waals surface area contributed by atoms with E-state index in [1.807, 2.05) is 0 Å². The van der Waals surface area contributed by atoms with E-state index in [2.05, 4.69) is 10.1 Å². The Morgan fingerprint density at radius 1 is 1.37 bits per heavy atom. The number of benzene rings is 1. The first-order chi connectivity index (χ1) is 8.97. The van der Waals surface area contributed by atoms with Crippen molar-refractivity contribution in [2.75, 3.05) is 7.11 Å². The molecule has 0 saturated heterocycles. The summed E-state index contributed by atoms with van der Waals surface area (Å²) in [6.45, 7) is 0.00821. The van der Waals surface area contributed by atoms with Crippen LogP contribution < -0.4 is 10.5 Å². The van der Waals surface area contributed by atoms with E-state index in [-0.39, 0.29) is 29.6 Å². The summed E-state index contributed by atoms with van der Waals surface area (Å²) in [6.07, 6.45) is -4.53. The molecule has 0 radical (unpaired) electrons. The number of nitrogens with zero attached hydrogens (tertiary/aromatic N) is 2. The lowest BCUT2D eigenvalue weighted by molar-refractivity contribution is -0.138. The molecule has 0 unspecified atom stereocenters. The molecule has 0 atom stereocenters. The molecule has 5 nitrogen and oxygen atoms in total. The number of aromatic nitrogens is 2. The maximum atomic E-state index is 12.8. The summed E-state index contributed by atoms with van der Waals surface area (Å²) >= 11 is 0. The van der Waals surface area contributed by atoms with E-state index in [0.717, 1.165) is 13.2 Å². The molecule has 1 aromatic heterocycles. The van der Waals surface area contributed by atoms with Crippen LogP contribution in [0, 0.1) is 0 Å². The molecule has 0 saturated carbocycles. The van der Waals surface area contributed by atoms with Crippen LogP contribution in [0.25, 0.3) is 11.4 Å². The zero-order valence-electron chi connectivity index (χ0n) is 9.86. The van der Waals surface area contributed by atoms with Gasteiger partial charge >= 0.3 is 6.18 Å². The Hall–Kier alpha value is -2.09. The smallest absolute Gasteiger partial charge is 0.419 e. The number of nitrogens with two attached hydrogens (primary N) is 1. The fourth-order valence-corrected chi connectivity index (χ4v) is 1.60. The average Bonchev–Trinajstić information content (AvgIpc) is 2.85. The number of rotatable bonds is 3. The monoisotopic (exact) mass is 273 g/mol. The first-order valence-corrected chi connectivity index (χ1v) is 5.24. The molecule has 0 aliphatic carbocycles. The van der Waals surface area contributed by atoms with E-state index >= 15 is 0 Å². The third kappa shape index (κ3) is 2.53. The van der Waals surface area contributed by atoms with Gasteiger partial charge in [0.05, 0.1) is 24.8 Å². The number of hydrogen-bond acceptors (Lipinski definition) is 5. The van der Waals surface area contributed by atoms with Crippen molar-refractivity contribution in [1.82, 2.24) is 10.1 Å². The highest BCUT2D eigenvalue weighted by Crippen LogP contribution is 2.40. The molecular formula is C11H10F3N3O2. The number of ether oxygens (including phenoxy) is 1. The molecule has 2 N–H and O–H groups in total. The summed E-state index contributed by atoms with van der Waals surface area (Å²) < 4.78 is 48.1. The molecule has 1 heterocycles. The van der Waals surface area contributed by atoms with Crippen molar-refractivity contribution in [2.45, 2.75) is 12.7 Å². The van der Waals surface area contributed by atoms with Crippen molar-refractivity contribution in [3.63, 3.8) is 0 Å². The van der Waals surface area contributed by atoms with E-state index in [0.29, 0.717) is 0 Å². The third-order valence-corrected chi connectivity index (χ3v) is 2.41. The highest BCUT2D eigenvalue weighted by Gasteiger charge is 2.35. The van der Waals surface area contributed by atoms with Crippen molar-refractivity contribution in [3.8, 4) is 17.1 Å². The molecule has 0 amide bonds. The molecule has 0 fully saturated rings. The fraction of sp³-hybridized carbons (Fsp3) is 0.273. The SMILES string of the molecule is COc1c(-c2noc(CN)n2)cccc1C(F)(F)F. The van der Waals surface area contributed by atoms with Gasteiger partial charge in [-0.1, -0.05) is 11.2 Å². The van der Waals surface area contributed by atoms with Crippen LogP contribution in [-0.4, -0.2) is 17.3 Å². The van der Waals surface area contributed by atoms with Crippen LogP contribution in [0.5, 0.6) is 5.75 Å². The highest BCUT2D eigenvalue weighted by molar-refractivity contribution is 5.66. The zero-order chi connectivity index (χ0) is 14.0. The molecule has 19 heavy (non-hydrogen) atoms. The molecule has 102 valence electrons. The lowest BCUT2D eigenvalue weighted by atomic mass is 10.1. The van der Waals surface area contributed by atoms with Gasteiger partial charge in [-0.3, -0.25) is 0 Å². The van der Waals surface area contributed by atoms with Crippen molar-refractivity contribution >= 4 is 0 Å². The first kappa shape index (κ1) is 13.3. The van der Waals surface area contributed by atoms with Crippen LogP contribution in [0.1, 0.15) is 11.5 Å². The maximum Gasteiger partial charge on any atom is 0.419 e. The molecule has 0 aliphatic rings. The average molecular weight is 273 g/mol. The second-order valence-electron chi connectivity index (χ2n) is 3.60. The number of hydrogen-bond donors (Lipinski definition) is 1. The van der Waals surface area contributed by atoms with E-state index in [4.69, 9.17) is 15.0 Å². The molecule has 0 bridgehead atoms. The van der Waals surface area contributed by atoms with E-state index in [9.17, 15) is 13.2 Å². The zero-order valence-corrected chi connectivity index (χ0v) is 9.86. The van der Waals surface area contributed by atoms with Gasteiger partial charge in [-0.25, -0.2) is 0 Å². The van der Waals surface area contributed by atoms with Gasteiger partial charge in [0, 0.05) is 0 Å². The maximum absolute atomic E-state index is 12.8. The normalized spacial score (nSPS) is 11.6. The predicted octanol–water partition coefficient (Wildman–Crippen LogP) is 2.22. The van der Waals surface area contributed by atoms with Crippen LogP contribution in [0.2, 0.25) is 0 Å². The second-order valence-corrected chi connectivity index (χ2v) is 3.60. The molecule has 1 aromatic carbocycles. The van der Waals surface area contributed by atoms with Crippen LogP contribution in [0.15, 0.2) is 22.7 Å². The molecule has 2 aromatic rings. The van der Waals surface area contributed by atoms with E-state index < -0.39 is 11.7 Å². The van der Waals surface area contributed by atoms with Gasteiger partial charge in [-0.05, 0) is 12.1 Å². The van der Waals surface area contributed by atoms with Crippen molar-refractivity contribution in [2.24, 2.45) is 5.73 Å². The Kier molecular flexibility index (Phi) is 3.43. The van der Waals surface area contributed by atoms with Gasteiger partial charge in [-0.15, -0.1) is 0 Å². The minimum atomic E-state index is -4.53. The minimum Gasteiger partial charge on any atom is -0.495 e. The van der Waals surface area contributed by atoms with Gasteiger partial charge < -0.3 is 15.0 Å². The van der Waals surface area contributed by atoms with Gasteiger partial charge in [-0.2, -0.15) is 18.2 Å². The molecular weight excluding hydrogens is 263 g/mol. The Morgan fingerprint density at radius 3 is 2.63 bits per heavy atom. The Bertz CT molecular complexity index is 581. The number of methoxy groups -OCH3 is 1. The third-order valence-electron chi connectivity index (χ3n) is 2.41. The number of alkyl halides is 3. The Morgan fingerprint density at radius 2 is 2.11 bits per heavy atom. The summed E-state index contributed by atoms with van der Waals surface area (Å²) in [5.41, 5.74) is 4.50. The van der Waals surface area contributed by atoms with Crippen molar-refractivity contribution in [1.29, 1.82) is 0 Å². The molecule has 0 spiro atoms. The van der Waals surface area contributed by atoms with Crippen LogP contribution in [-0.2, 0) is 12.7 Å². The fourth-order valence-electron chi connectivity index (χ4n) is 1.60. The van der Waals surface area contributed by atoms with Crippen LogP contribution >= 0.6 is 0 Å². The van der Waals surface area contributed by atoms with E-state index in [1.165, 1.54) is 12.1 Å². The Balaban J connectivity index is 2.57. The minimum absolute atomic E-state index is 0.00315. The summed E-state index contributed by atoms with van der Waals surface area (Å²) in [5, 5.41) is 3.58. The predicted molar refractivity (Wildman–Crippen MR) is 59.2 cm³/mol. The molecule has 0 aliphatic heterocycles. The summed E-state index contributed by atoms with van der Waals surface area (Å²) in [6, 6.07) is 3.59. The van der Waals surface area contributed by atoms with Gasteiger partial charge in [0.25, 0.3) is 0 Å². The van der Waals surface area contributed by atoms with Crippen molar-refractivity contribution in [3.05, 3.63) is 29.7 Å². The topological polar surface area (TPSA) is 74.2 Å². The summed E-state index contributed by atoms with van der Waals surface area (Å²) in [7, 11) is 1.15. The Labute approximate surface area is 106 Å². The molecule has 2 rings (SSSR count). The van der Waals surface area contributed by atoms with E-state index in [1.54, 1.807) is 0 Å². The summed E-state index contributed by atoms with van der Waals surface area (Å²) in [4.78, 5) is 3.88. The lowest BCUT2D eigenvalue weighted by Gasteiger charge is -2.13. The second kappa shape index (κ2) is 4.88.